The quantitative estimate of drug-likeness (QED) is 0.507. The molecule has 0 bridgehead atoms. The molecule has 110 valence electrons. The third kappa shape index (κ3) is 3.49. The van der Waals surface area contributed by atoms with E-state index in [0.29, 0.717) is 5.92 Å². The number of benzene rings is 1. The molecule has 0 aliphatic heterocycles. The van der Waals surface area contributed by atoms with E-state index in [-0.39, 0.29) is 5.78 Å². The van der Waals surface area contributed by atoms with Gasteiger partial charge in [-0.2, -0.15) is 0 Å². The summed E-state index contributed by atoms with van der Waals surface area (Å²) in [5.41, 5.74) is 2.88. The highest BCUT2D eigenvalue weighted by atomic mass is 79.9. The fourth-order valence-corrected chi connectivity index (χ4v) is 5.79. The lowest BCUT2D eigenvalue weighted by Crippen LogP contribution is -2.05. The van der Waals surface area contributed by atoms with Crippen molar-refractivity contribution in [3.8, 4) is 0 Å². The molecule has 0 amide bonds. The number of hydrogen-bond donors (Lipinski definition) is 0. The smallest absolute Gasteiger partial charge is 0.195 e. The molecule has 1 nitrogen and oxygen atoms in total. The Morgan fingerprint density at radius 3 is 2.29 bits per heavy atom. The Morgan fingerprint density at radius 2 is 1.71 bits per heavy atom. The zero-order valence-corrected chi connectivity index (χ0v) is 15.6. The zero-order valence-electron chi connectivity index (χ0n) is 11.6. The van der Waals surface area contributed by atoms with Crippen LogP contribution >= 0.6 is 43.2 Å². The van der Waals surface area contributed by atoms with Gasteiger partial charge >= 0.3 is 0 Å². The average Bonchev–Trinajstić information content (AvgIpc) is 2.86. The van der Waals surface area contributed by atoms with Gasteiger partial charge < -0.3 is 0 Å². The van der Waals surface area contributed by atoms with Crippen LogP contribution in [0, 0.1) is 0 Å². The molecule has 0 saturated heterocycles. The first-order valence-electron chi connectivity index (χ1n) is 7.24. The van der Waals surface area contributed by atoms with Crippen molar-refractivity contribution in [2.75, 3.05) is 0 Å². The fourth-order valence-electron chi connectivity index (χ4n) is 2.99. The van der Waals surface area contributed by atoms with Crippen LogP contribution in [0.25, 0.3) is 0 Å². The fraction of sp³-hybridized carbons (Fsp3) is 0.353. The van der Waals surface area contributed by atoms with Crippen molar-refractivity contribution in [3.05, 3.63) is 54.6 Å². The van der Waals surface area contributed by atoms with Crippen molar-refractivity contribution in [1.29, 1.82) is 0 Å². The molecule has 1 fully saturated rings. The molecule has 1 saturated carbocycles. The Hall–Kier alpha value is -0.450. The standard InChI is InChI=1S/C17H16Br2OS/c18-15-10-14(17(19)21-15)16(20)13-8-6-12(7-9-13)11-4-2-1-3-5-11/h6-11H,1-5H2. The molecule has 1 aliphatic rings. The molecule has 1 aromatic carbocycles. The third-order valence-corrected chi connectivity index (χ3v) is 6.49. The van der Waals surface area contributed by atoms with Crippen LogP contribution in [0.2, 0.25) is 0 Å². The molecular formula is C17H16Br2OS. The highest BCUT2D eigenvalue weighted by Crippen LogP contribution is 2.35. The van der Waals surface area contributed by atoms with Crippen LogP contribution in [0.1, 0.15) is 59.5 Å². The van der Waals surface area contributed by atoms with Gasteiger partial charge in [-0.25, -0.2) is 0 Å². The van der Waals surface area contributed by atoms with Gasteiger partial charge in [-0.1, -0.05) is 43.5 Å². The largest absolute Gasteiger partial charge is 0.289 e. The van der Waals surface area contributed by atoms with Crippen molar-refractivity contribution in [2.24, 2.45) is 0 Å². The highest BCUT2D eigenvalue weighted by Gasteiger charge is 2.18. The summed E-state index contributed by atoms with van der Waals surface area (Å²) in [7, 11) is 0. The summed E-state index contributed by atoms with van der Waals surface area (Å²) in [6, 6.07) is 10.1. The molecule has 21 heavy (non-hydrogen) atoms. The van der Waals surface area contributed by atoms with E-state index in [1.165, 1.54) is 49.0 Å². The highest BCUT2D eigenvalue weighted by molar-refractivity contribution is 9.12. The molecule has 1 heterocycles. The van der Waals surface area contributed by atoms with E-state index in [2.05, 4.69) is 44.0 Å². The minimum atomic E-state index is 0.0824. The van der Waals surface area contributed by atoms with Crippen LogP contribution in [0.15, 0.2) is 37.9 Å². The molecule has 3 rings (SSSR count). The van der Waals surface area contributed by atoms with E-state index in [0.717, 1.165) is 18.7 Å². The first-order valence-corrected chi connectivity index (χ1v) is 9.65. The van der Waals surface area contributed by atoms with Crippen LogP contribution in [-0.2, 0) is 0 Å². The average molecular weight is 428 g/mol. The van der Waals surface area contributed by atoms with E-state index in [9.17, 15) is 4.79 Å². The predicted octanol–water partition coefficient (Wildman–Crippen LogP) is 6.55. The second kappa shape index (κ2) is 6.76. The minimum Gasteiger partial charge on any atom is -0.289 e. The van der Waals surface area contributed by atoms with Gasteiger partial charge in [0.1, 0.15) is 0 Å². The maximum Gasteiger partial charge on any atom is 0.195 e. The Bertz CT molecular complexity index is 639. The van der Waals surface area contributed by atoms with Gasteiger partial charge in [0.25, 0.3) is 0 Å². The Kier molecular flexibility index (Phi) is 4.97. The summed E-state index contributed by atoms with van der Waals surface area (Å²) in [6.45, 7) is 0. The number of rotatable bonds is 3. The van der Waals surface area contributed by atoms with E-state index in [1.807, 2.05) is 18.2 Å². The second-order valence-corrected chi connectivity index (χ2v) is 9.27. The van der Waals surface area contributed by atoms with Gasteiger partial charge in [0.05, 0.1) is 7.57 Å². The molecule has 2 aromatic rings. The van der Waals surface area contributed by atoms with Crippen LogP contribution < -0.4 is 0 Å². The normalized spacial score (nSPS) is 16.1. The SMILES string of the molecule is O=C(c1ccc(C2CCCCC2)cc1)c1cc(Br)sc1Br. The van der Waals surface area contributed by atoms with Gasteiger partial charge in [0.15, 0.2) is 5.78 Å². The second-order valence-electron chi connectivity index (χ2n) is 5.52. The van der Waals surface area contributed by atoms with Crippen LogP contribution in [0.4, 0.5) is 0 Å². The van der Waals surface area contributed by atoms with Crippen LogP contribution in [0.5, 0.6) is 0 Å². The van der Waals surface area contributed by atoms with E-state index < -0.39 is 0 Å². The summed E-state index contributed by atoms with van der Waals surface area (Å²) in [4.78, 5) is 12.5. The van der Waals surface area contributed by atoms with E-state index in [4.69, 9.17) is 0 Å². The van der Waals surface area contributed by atoms with E-state index >= 15 is 0 Å². The molecule has 0 radical (unpaired) electrons. The van der Waals surface area contributed by atoms with Crippen molar-refractivity contribution >= 4 is 49.0 Å². The number of halogens is 2. The summed E-state index contributed by atoms with van der Waals surface area (Å²) in [5.74, 6) is 0.768. The molecule has 0 unspecified atom stereocenters. The summed E-state index contributed by atoms with van der Waals surface area (Å²) >= 11 is 8.41. The van der Waals surface area contributed by atoms with Gasteiger partial charge in [-0.3, -0.25) is 4.79 Å². The molecule has 0 N–H and O–H groups in total. The Balaban J connectivity index is 1.80. The van der Waals surface area contributed by atoms with Gasteiger partial charge in [0.2, 0.25) is 0 Å². The number of hydrogen-bond acceptors (Lipinski definition) is 2. The summed E-state index contributed by atoms with van der Waals surface area (Å²) < 4.78 is 1.85. The molecule has 1 aliphatic carbocycles. The molecular weight excluding hydrogens is 412 g/mol. The number of ketones is 1. The molecule has 0 atom stereocenters. The number of thiophene rings is 1. The van der Waals surface area contributed by atoms with Crippen molar-refractivity contribution in [1.82, 2.24) is 0 Å². The van der Waals surface area contributed by atoms with Gasteiger partial charge in [-0.05, 0) is 62.2 Å². The number of carbonyl (C=O) groups is 1. The minimum absolute atomic E-state index is 0.0824. The lowest BCUT2D eigenvalue weighted by Gasteiger charge is -2.22. The first-order chi connectivity index (χ1) is 10.1. The van der Waals surface area contributed by atoms with Gasteiger partial charge in [-0.15, -0.1) is 11.3 Å². The van der Waals surface area contributed by atoms with Crippen molar-refractivity contribution in [3.63, 3.8) is 0 Å². The van der Waals surface area contributed by atoms with Crippen molar-refractivity contribution in [2.45, 2.75) is 38.0 Å². The summed E-state index contributed by atoms with van der Waals surface area (Å²) in [5, 5.41) is 0. The Morgan fingerprint density at radius 1 is 1.05 bits per heavy atom. The molecule has 4 heteroatoms. The van der Waals surface area contributed by atoms with Crippen molar-refractivity contribution < 1.29 is 4.79 Å². The maximum absolute atomic E-state index is 12.5. The third-order valence-electron chi connectivity index (χ3n) is 4.15. The summed E-state index contributed by atoms with van der Waals surface area (Å²) in [6.07, 6.45) is 6.61. The zero-order chi connectivity index (χ0) is 14.8. The van der Waals surface area contributed by atoms with Crippen LogP contribution in [-0.4, -0.2) is 5.78 Å². The topological polar surface area (TPSA) is 17.1 Å². The lowest BCUT2D eigenvalue weighted by molar-refractivity contribution is 0.103. The van der Waals surface area contributed by atoms with Crippen LogP contribution in [0.3, 0.4) is 0 Å². The van der Waals surface area contributed by atoms with E-state index in [1.54, 1.807) is 0 Å². The Labute approximate surface area is 146 Å². The first kappa shape index (κ1) is 15.4. The van der Waals surface area contributed by atoms with Gasteiger partial charge in [0, 0.05) is 11.1 Å². The molecule has 1 aromatic heterocycles. The molecule has 0 spiro atoms. The number of carbonyl (C=O) groups excluding carboxylic acids is 1. The monoisotopic (exact) mass is 426 g/mol. The lowest BCUT2D eigenvalue weighted by atomic mass is 9.84. The predicted molar refractivity (Wildman–Crippen MR) is 95.4 cm³/mol. The maximum atomic E-state index is 12.5.